The average molecular weight is 258 g/mol. The maximum absolute atomic E-state index is 5.99. The van der Waals surface area contributed by atoms with Crippen LogP contribution in [0.2, 0.25) is 10.0 Å². The van der Waals surface area contributed by atoms with E-state index >= 15 is 0 Å². The van der Waals surface area contributed by atoms with Crippen molar-refractivity contribution in [3.63, 3.8) is 0 Å². The van der Waals surface area contributed by atoms with Crippen molar-refractivity contribution in [1.29, 1.82) is 0 Å². The van der Waals surface area contributed by atoms with E-state index in [1.807, 2.05) is 18.2 Å². The highest BCUT2D eigenvalue weighted by Crippen LogP contribution is 2.32. The Labute approximate surface area is 107 Å². The topological polar surface area (TPSA) is 12.0 Å². The van der Waals surface area contributed by atoms with E-state index in [0.29, 0.717) is 16.1 Å². The number of halogens is 2. The van der Waals surface area contributed by atoms with Gasteiger partial charge in [-0.3, -0.25) is 0 Å². The summed E-state index contributed by atoms with van der Waals surface area (Å²) in [5.74, 6) is 0.980. The average Bonchev–Trinajstić information content (AvgIpc) is 3.06. The molecule has 1 N–H and O–H groups in total. The monoisotopic (exact) mass is 257 g/mol. The maximum atomic E-state index is 5.99. The first-order chi connectivity index (χ1) is 7.66. The molecule has 1 atom stereocenters. The molecule has 1 aromatic rings. The van der Waals surface area contributed by atoms with Gasteiger partial charge in [-0.2, -0.15) is 0 Å². The molecular weight excluding hydrogens is 241 g/mol. The van der Waals surface area contributed by atoms with Crippen LogP contribution in [-0.4, -0.2) is 6.54 Å². The zero-order chi connectivity index (χ0) is 11.5. The van der Waals surface area contributed by atoms with Crippen molar-refractivity contribution >= 4 is 23.2 Å². The van der Waals surface area contributed by atoms with E-state index in [9.17, 15) is 0 Å². The van der Waals surface area contributed by atoms with Crippen LogP contribution < -0.4 is 5.32 Å². The van der Waals surface area contributed by atoms with Crippen LogP contribution in [0, 0.1) is 5.92 Å². The normalized spacial score (nSPS) is 17.4. The SMILES string of the molecule is CC(NCCC1CC1)c1ccc(Cl)c(Cl)c1. The molecule has 1 unspecified atom stereocenters. The lowest BCUT2D eigenvalue weighted by Crippen LogP contribution is -2.20. The fourth-order valence-electron chi connectivity index (χ4n) is 1.81. The van der Waals surface area contributed by atoms with Crippen LogP contribution in [0.15, 0.2) is 18.2 Å². The van der Waals surface area contributed by atoms with Crippen LogP contribution >= 0.6 is 23.2 Å². The zero-order valence-electron chi connectivity index (χ0n) is 9.47. The zero-order valence-corrected chi connectivity index (χ0v) is 11.0. The molecule has 1 nitrogen and oxygen atoms in total. The van der Waals surface area contributed by atoms with Gasteiger partial charge in [-0.05, 0) is 43.5 Å². The largest absolute Gasteiger partial charge is 0.310 e. The maximum Gasteiger partial charge on any atom is 0.0595 e. The summed E-state index contributed by atoms with van der Waals surface area (Å²) in [7, 11) is 0. The minimum absolute atomic E-state index is 0.341. The standard InChI is InChI=1S/C13H17Cl2N/c1-9(16-7-6-10-2-3-10)11-4-5-12(14)13(15)8-11/h4-5,8-10,16H,2-3,6-7H2,1H3. The third-order valence-corrected chi connectivity index (χ3v) is 3.88. The second-order valence-electron chi connectivity index (χ2n) is 4.58. The molecule has 88 valence electrons. The summed E-state index contributed by atoms with van der Waals surface area (Å²) in [6, 6.07) is 6.17. The Kier molecular flexibility index (Phi) is 4.12. The Morgan fingerprint density at radius 2 is 2.06 bits per heavy atom. The van der Waals surface area contributed by atoms with E-state index < -0.39 is 0 Å². The lowest BCUT2D eigenvalue weighted by molar-refractivity contribution is 0.540. The quantitative estimate of drug-likeness (QED) is 0.823. The molecule has 1 fully saturated rings. The second-order valence-corrected chi connectivity index (χ2v) is 5.40. The van der Waals surface area contributed by atoms with E-state index in [1.165, 1.54) is 24.8 Å². The number of hydrogen-bond acceptors (Lipinski definition) is 1. The van der Waals surface area contributed by atoms with E-state index in [0.717, 1.165) is 12.5 Å². The molecule has 0 aromatic heterocycles. The Balaban J connectivity index is 1.86. The molecular formula is C13H17Cl2N. The summed E-state index contributed by atoms with van der Waals surface area (Å²) in [6.45, 7) is 3.25. The minimum atomic E-state index is 0.341. The highest BCUT2D eigenvalue weighted by Gasteiger charge is 2.20. The third kappa shape index (κ3) is 3.38. The first-order valence-electron chi connectivity index (χ1n) is 5.85. The lowest BCUT2D eigenvalue weighted by atomic mass is 10.1. The molecule has 2 rings (SSSR count). The van der Waals surface area contributed by atoms with Gasteiger partial charge in [0.15, 0.2) is 0 Å². The highest BCUT2D eigenvalue weighted by molar-refractivity contribution is 6.42. The summed E-state index contributed by atoms with van der Waals surface area (Å²) in [5.41, 5.74) is 1.20. The van der Waals surface area contributed by atoms with Gasteiger partial charge < -0.3 is 5.32 Å². The van der Waals surface area contributed by atoms with Gasteiger partial charge in [-0.1, -0.05) is 42.1 Å². The Morgan fingerprint density at radius 1 is 1.31 bits per heavy atom. The lowest BCUT2D eigenvalue weighted by Gasteiger charge is -2.14. The smallest absolute Gasteiger partial charge is 0.0595 e. The molecule has 1 saturated carbocycles. The van der Waals surface area contributed by atoms with Gasteiger partial charge in [0.2, 0.25) is 0 Å². The van der Waals surface area contributed by atoms with E-state index in [2.05, 4.69) is 12.2 Å². The summed E-state index contributed by atoms with van der Waals surface area (Å²) in [6.07, 6.45) is 4.14. The molecule has 1 aliphatic carbocycles. The number of rotatable bonds is 5. The van der Waals surface area contributed by atoms with Gasteiger partial charge >= 0.3 is 0 Å². The van der Waals surface area contributed by atoms with Crippen LogP contribution in [0.4, 0.5) is 0 Å². The van der Waals surface area contributed by atoms with Gasteiger partial charge in [0.1, 0.15) is 0 Å². The van der Waals surface area contributed by atoms with Crippen LogP contribution in [0.1, 0.15) is 37.8 Å². The predicted octanol–water partition coefficient (Wildman–Crippen LogP) is 4.44. The molecule has 0 bridgehead atoms. The van der Waals surface area contributed by atoms with Crippen molar-refractivity contribution in [3.05, 3.63) is 33.8 Å². The summed E-state index contributed by atoms with van der Waals surface area (Å²) < 4.78 is 0. The van der Waals surface area contributed by atoms with Gasteiger partial charge in [0.05, 0.1) is 10.0 Å². The van der Waals surface area contributed by atoms with Gasteiger partial charge in [0.25, 0.3) is 0 Å². The second kappa shape index (κ2) is 5.39. The number of nitrogens with one attached hydrogen (secondary N) is 1. The molecule has 0 spiro atoms. The first-order valence-corrected chi connectivity index (χ1v) is 6.60. The molecule has 0 aliphatic heterocycles. The number of benzene rings is 1. The van der Waals surface area contributed by atoms with Gasteiger partial charge in [-0.15, -0.1) is 0 Å². The Morgan fingerprint density at radius 3 is 2.69 bits per heavy atom. The van der Waals surface area contributed by atoms with Gasteiger partial charge in [-0.25, -0.2) is 0 Å². The van der Waals surface area contributed by atoms with Crippen molar-refractivity contribution < 1.29 is 0 Å². The highest BCUT2D eigenvalue weighted by atomic mass is 35.5. The van der Waals surface area contributed by atoms with Crippen molar-refractivity contribution in [2.75, 3.05) is 6.54 Å². The Bertz CT molecular complexity index is 361. The fraction of sp³-hybridized carbons (Fsp3) is 0.538. The Hall–Kier alpha value is -0.240. The molecule has 1 aliphatic rings. The molecule has 1 aromatic carbocycles. The summed E-state index contributed by atoms with van der Waals surface area (Å²) in [4.78, 5) is 0. The van der Waals surface area contributed by atoms with E-state index in [4.69, 9.17) is 23.2 Å². The van der Waals surface area contributed by atoms with Gasteiger partial charge in [0, 0.05) is 6.04 Å². The van der Waals surface area contributed by atoms with Crippen molar-refractivity contribution in [1.82, 2.24) is 5.32 Å². The fourth-order valence-corrected chi connectivity index (χ4v) is 2.12. The van der Waals surface area contributed by atoms with Crippen molar-refractivity contribution in [2.45, 2.75) is 32.2 Å². The molecule has 16 heavy (non-hydrogen) atoms. The van der Waals surface area contributed by atoms with Crippen molar-refractivity contribution in [2.24, 2.45) is 5.92 Å². The molecule has 0 saturated heterocycles. The first kappa shape index (κ1) is 12.2. The van der Waals surface area contributed by atoms with Crippen LogP contribution in [0.3, 0.4) is 0 Å². The number of hydrogen-bond donors (Lipinski definition) is 1. The van der Waals surface area contributed by atoms with E-state index in [-0.39, 0.29) is 0 Å². The molecule has 0 amide bonds. The van der Waals surface area contributed by atoms with Crippen LogP contribution in [-0.2, 0) is 0 Å². The minimum Gasteiger partial charge on any atom is -0.310 e. The van der Waals surface area contributed by atoms with Crippen LogP contribution in [0.25, 0.3) is 0 Å². The molecule has 3 heteroatoms. The summed E-state index contributed by atoms with van der Waals surface area (Å²) in [5, 5.41) is 4.77. The van der Waals surface area contributed by atoms with E-state index in [1.54, 1.807) is 0 Å². The summed E-state index contributed by atoms with van der Waals surface area (Å²) >= 11 is 11.9. The molecule has 0 heterocycles. The predicted molar refractivity (Wildman–Crippen MR) is 70.2 cm³/mol. The molecule has 0 radical (unpaired) electrons. The third-order valence-electron chi connectivity index (χ3n) is 3.14. The van der Waals surface area contributed by atoms with Crippen molar-refractivity contribution in [3.8, 4) is 0 Å². The van der Waals surface area contributed by atoms with Crippen LogP contribution in [0.5, 0.6) is 0 Å².